The van der Waals surface area contributed by atoms with Crippen molar-refractivity contribution < 1.29 is 5.11 Å². The van der Waals surface area contributed by atoms with Gasteiger partial charge in [0.2, 0.25) is 0 Å². The van der Waals surface area contributed by atoms with E-state index >= 15 is 0 Å². The monoisotopic (exact) mass is 243 g/mol. The normalized spacial score (nSPS) is 21.9. The lowest BCUT2D eigenvalue weighted by Gasteiger charge is -2.25. The van der Waals surface area contributed by atoms with Crippen LogP contribution in [0.25, 0.3) is 0 Å². The number of phenols is 1. The molecule has 86 valence electrons. The number of aromatic hydroxyl groups is 1. The van der Waals surface area contributed by atoms with Gasteiger partial charge in [0.15, 0.2) is 0 Å². The Labute approximate surface area is 105 Å². The van der Waals surface area contributed by atoms with Crippen LogP contribution in [0.15, 0.2) is 53.4 Å². The highest BCUT2D eigenvalue weighted by atomic mass is 32.2. The summed E-state index contributed by atoms with van der Waals surface area (Å²) in [5, 5.41) is 13.4. The molecule has 0 aliphatic carbocycles. The third-order valence-corrected chi connectivity index (χ3v) is 4.30. The molecule has 17 heavy (non-hydrogen) atoms. The van der Waals surface area contributed by atoms with E-state index in [1.807, 2.05) is 30.3 Å². The van der Waals surface area contributed by atoms with Gasteiger partial charge < -0.3 is 10.4 Å². The van der Waals surface area contributed by atoms with E-state index in [4.69, 9.17) is 0 Å². The Morgan fingerprint density at radius 2 is 1.76 bits per heavy atom. The number of thioether (sulfide) groups is 1. The maximum atomic E-state index is 9.96. The molecule has 2 aromatic rings. The minimum atomic E-state index is -0.297. The average Bonchev–Trinajstić information content (AvgIpc) is 2.66. The first-order chi connectivity index (χ1) is 8.19. The van der Waals surface area contributed by atoms with Gasteiger partial charge in [-0.25, -0.2) is 0 Å². The van der Waals surface area contributed by atoms with Crippen molar-refractivity contribution in [2.24, 2.45) is 0 Å². The molecule has 2 N–H and O–H groups in total. The molecule has 0 bridgehead atoms. The number of para-hydroxylation sites is 2. The molecule has 1 heterocycles. The molecule has 0 amide bonds. The Morgan fingerprint density at radius 3 is 2.53 bits per heavy atom. The van der Waals surface area contributed by atoms with Gasteiger partial charge in [-0.3, -0.25) is 0 Å². The first kappa shape index (κ1) is 10.5. The molecule has 0 radical (unpaired) electrons. The first-order valence-corrected chi connectivity index (χ1v) is 6.35. The lowest BCUT2D eigenvalue weighted by atomic mass is 10.1. The Balaban J connectivity index is 2.05. The van der Waals surface area contributed by atoms with E-state index in [-0.39, 0.29) is 4.87 Å². The number of phenolic OH excluding ortho intramolecular Hbond substituents is 1. The fourth-order valence-electron chi connectivity index (χ4n) is 2.16. The molecule has 0 saturated carbocycles. The third-order valence-electron chi connectivity index (χ3n) is 2.99. The minimum absolute atomic E-state index is 0.297. The quantitative estimate of drug-likeness (QED) is 0.799. The van der Waals surface area contributed by atoms with Crippen LogP contribution >= 0.6 is 11.8 Å². The minimum Gasteiger partial charge on any atom is -0.508 e. The van der Waals surface area contributed by atoms with Crippen LogP contribution in [0.2, 0.25) is 0 Å². The lowest BCUT2D eigenvalue weighted by Crippen LogP contribution is -2.23. The van der Waals surface area contributed by atoms with E-state index in [0.717, 1.165) is 11.3 Å². The molecule has 3 heteroatoms. The van der Waals surface area contributed by atoms with Gasteiger partial charge in [0, 0.05) is 16.1 Å². The number of hydrogen-bond acceptors (Lipinski definition) is 3. The lowest BCUT2D eigenvalue weighted by molar-refractivity contribution is 0.463. The van der Waals surface area contributed by atoms with Gasteiger partial charge in [0.05, 0.1) is 0 Å². The second-order valence-electron chi connectivity index (χ2n) is 4.27. The molecular formula is C14H13NOS. The maximum Gasteiger partial charge on any atom is 0.122 e. The Morgan fingerprint density at radius 1 is 1.06 bits per heavy atom. The van der Waals surface area contributed by atoms with E-state index in [2.05, 4.69) is 24.4 Å². The summed E-state index contributed by atoms with van der Waals surface area (Å²) in [5.41, 5.74) is 2.05. The van der Waals surface area contributed by atoms with Crippen molar-refractivity contribution in [3.8, 4) is 5.75 Å². The standard InChI is InChI=1S/C14H13NOS/c1-14(10-6-2-4-8-12(10)16)15-11-7-3-5-9-13(11)17-14/h2-9,15-16H,1H3/t14-/m1/s1. The van der Waals surface area contributed by atoms with Gasteiger partial charge in [-0.15, -0.1) is 0 Å². The summed E-state index contributed by atoms with van der Waals surface area (Å²) in [6, 6.07) is 15.7. The van der Waals surface area contributed by atoms with E-state index in [9.17, 15) is 5.11 Å². The van der Waals surface area contributed by atoms with E-state index in [0.29, 0.717) is 5.75 Å². The molecule has 0 spiro atoms. The number of rotatable bonds is 1. The Kier molecular flexibility index (Phi) is 2.30. The maximum absolute atomic E-state index is 9.96. The smallest absolute Gasteiger partial charge is 0.122 e. The molecule has 1 aliphatic rings. The summed E-state index contributed by atoms with van der Waals surface area (Å²) < 4.78 is 0. The molecular weight excluding hydrogens is 230 g/mol. The van der Waals surface area contributed by atoms with E-state index < -0.39 is 0 Å². The third kappa shape index (κ3) is 1.67. The van der Waals surface area contributed by atoms with Crippen LogP contribution in [0.4, 0.5) is 5.69 Å². The van der Waals surface area contributed by atoms with Gasteiger partial charge in [-0.05, 0) is 25.1 Å². The fourth-order valence-corrected chi connectivity index (χ4v) is 3.42. The molecule has 0 aromatic heterocycles. The van der Waals surface area contributed by atoms with Crippen molar-refractivity contribution in [2.75, 3.05) is 5.32 Å². The highest BCUT2D eigenvalue weighted by Crippen LogP contribution is 2.52. The number of anilines is 1. The van der Waals surface area contributed by atoms with E-state index in [1.165, 1.54) is 4.90 Å². The molecule has 1 atom stereocenters. The second kappa shape index (κ2) is 3.70. The second-order valence-corrected chi connectivity index (χ2v) is 5.73. The van der Waals surface area contributed by atoms with Crippen molar-refractivity contribution >= 4 is 17.4 Å². The van der Waals surface area contributed by atoms with Crippen molar-refractivity contribution in [3.05, 3.63) is 54.1 Å². The summed E-state index contributed by atoms with van der Waals surface area (Å²) in [7, 11) is 0. The van der Waals surface area contributed by atoms with E-state index in [1.54, 1.807) is 17.8 Å². The zero-order valence-electron chi connectivity index (χ0n) is 9.47. The van der Waals surface area contributed by atoms with Crippen LogP contribution < -0.4 is 5.32 Å². The number of fused-ring (bicyclic) bond motifs is 1. The van der Waals surface area contributed by atoms with Crippen molar-refractivity contribution in [2.45, 2.75) is 16.7 Å². The zero-order valence-corrected chi connectivity index (χ0v) is 10.3. The summed E-state index contributed by atoms with van der Waals surface area (Å²) in [5.74, 6) is 0.336. The highest BCUT2D eigenvalue weighted by Gasteiger charge is 2.36. The van der Waals surface area contributed by atoms with Crippen LogP contribution in [-0.4, -0.2) is 5.11 Å². The fraction of sp³-hybridized carbons (Fsp3) is 0.143. The summed E-state index contributed by atoms with van der Waals surface area (Å²) in [6.07, 6.45) is 0. The molecule has 2 aromatic carbocycles. The van der Waals surface area contributed by atoms with Gasteiger partial charge in [-0.1, -0.05) is 42.1 Å². The van der Waals surface area contributed by atoms with Crippen LogP contribution in [0.5, 0.6) is 5.75 Å². The van der Waals surface area contributed by atoms with Crippen LogP contribution in [0, 0.1) is 0 Å². The van der Waals surface area contributed by atoms with Crippen LogP contribution in [0.1, 0.15) is 12.5 Å². The number of hydrogen-bond donors (Lipinski definition) is 2. The van der Waals surface area contributed by atoms with Gasteiger partial charge in [0.1, 0.15) is 10.6 Å². The zero-order chi connectivity index (χ0) is 11.9. The van der Waals surface area contributed by atoms with Crippen molar-refractivity contribution in [1.29, 1.82) is 0 Å². The van der Waals surface area contributed by atoms with Crippen molar-refractivity contribution in [1.82, 2.24) is 0 Å². The Bertz CT molecular complexity index is 543. The SMILES string of the molecule is C[C@@]1(c2ccccc2O)Nc2ccccc2S1. The largest absolute Gasteiger partial charge is 0.508 e. The summed E-state index contributed by atoms with van der Waals surface area (Å²) >= 11 is 1.73. The van der Waals surface area contributed by atoms with Gasteiger partial charge >= 0.3 is 0 Å². The molecule has 0 unspecified atom stereocenters. The topological polar surface area (TPSA) is 32.3 Å². The molecule has 3 rings (SSSR count). The predicted octanol–water partition coefficient (Wildman–Crippen LogP) is 3.78. The molecule has 0 saturated heterocycles. The van der Waals surface area contributed by atoms with Crippen molar-refractivity contribution in [3.63, 3.8) is 0 Å². The average molecular weight is 243 g/mol. The van der Waals surface area contributed by atoms with Crippen LogP contribution in [0.3, 0.4) is 0 Å². The summed E-state index contributed by atoms with van der Waals surface area (Å²) in [4.78, 5) is 0.924. The molecule has 2 nitrogen and oxygen atoms in total. The van der Waals surface area contributed by atoms with Gasteiger partial charge in [-0.2, -0.15) is 0 Å². The highest BCUT2D eigenvalue weighted by molar-refractivity contribution is 8.00. The van der Waals surface area contributed by atoms with Crippen LogP contribution in [-0.2, 0) is 4.87 Å². The molecule has 1 aliphatic heterocycles. The predicted molar refractivity (Wildman–Crippen MR) is 71.4 cm³/mol. The Hall–Kier alpha value is -1.61. The van der Waals surface area contributed by atoms with Gasteiger partial charge in [0.25, 0.3) is 0 Å². The molecule has 0 fully saturated rings. The first-order valence-electron chi connectivity index (χ1n) is 5.54. The number of benzene rings is 2. The number of nitrogens with one attached hydrogen (secondary N) is 1. The summed E-state index contributed by atoms with van der Waals surface area (Å²) in [6.45, 7) is 2.09.